The summed E-state index contributed by atoms with van der Waals surface area (Å²) in [6.07, 6.45) is 1.54. The van der Waals surface area contributed by atoms with Crippen LogP contribution in [0.5, 0.6) is 0 Å². The minimum absolute atomic E-state index is 0.221. The summed E-state index contributed by atoms with van der Waals surface area (Å²) in [6.45, 7) is 4.65. The first-order valence-corrected chi connectivity index (χ1v) is 9.42. The highest BCUT2D eigenvalue weighted by Crippen LogP contribution is 2.22. The maximum atomic E-state index is 11.6. The highest BCUT2D eigenvalue weighted by molar-refractivity contribution is 7.91. The van der Waals surface area contributed by atoms with E-state index in [0.717, 1.165) is 13.0 Å². The minimum atomic E-state index is -2.86. The number of anilines is 1. The second-order valence-corrected chi connectivity index (χ2v) is 7.95. The Labute approximate surface area is 129 Å². The first kappa shape index (κ1) is 18.0. The molecule has 0 saturated heterocycles. The fourth-order valence-corrected chi connectivity index (χ4v) is 3.18. The fourth-order valence-electron chi connectivity index (χ4n) is 2.29. The second-order valence-electron chi connectivity index (χ2n) is 5.47. The molecule has 0 aromatic heterocycles. The first-order valence-electron chi connectivity index (χ1n) is 7.60. The standard InChI is InChI=1S/C16H28N2O2S/c1-5-17-16(8-7-13-21(19,20)6-2)14-9-11-15(12-10-14)18(3)4/h9-12,16-17H,5-8,13H2,1-4H3. The van der Waals surface area contributed by atoms with Crippen LogP contribution in [-0.2, 0) is 9.84 Å². The number of benzene rings is 1. The van der Waals surface area contributed by atoms with E-state index in [4.69, 9.17) is 0 Å². The van der Waals surface area contributed by atoms with E-state index in [9.17, 15) is 8.42 Å². The second kappa shape index (κ2) is 8.39. The van der Waals surface area contributed by atoms with Gasteiger partial charge in [0.05, 0.1) is 5.75 Å². The largest absolute Gasteiger partial charge is 0.378 e. The minimum Gasteiger partial charge on any atom is -0.378 e. The lowest BCUT2D eigenvalue weighted by Crippen LogP contribution is -2.22. The molecule has 21 heavy (non-hydrogen) atoms. The van der Waals surface area contributed by atoms with Gasteiger partial charge < -0.3 is 10.2 Å². The summed E-state index contributed by atoms with van der Waals surface area (Å²) in [5, 5.41) is 3.44. The summed E-state index contributed by atoms with van der Waals surface area (Å²) in [5.74, 6) is 0.511. The molecule has 0 amide bonds. The van der Waals surface area contributed by atoms with E-state index >= 15 is 0 Å². The van der Waals surface area contributed by atoms with Crippen LogP contribution in [0, 0.1) is 0 Å². The fraction of sp³-hybridized carbons (Fsp3) is 0.625. The molecule has 0 radical (unpaired) electrons. The Hall–Kier alpha value is -1.07. The molecule has 0 fully saturated rings. The average molecular weight is 312 g/mol. The molecule has 0 spiro atoms. The molecular formula is C16H28N2O2S. The third kappa shape index (κ3) is 6.06. The van der Waals surface area contributed by atoms with Crippen molar-refractivity contribution < 1.29 is 8.42 Å². The van der Waals surface area contributed by atoms with Crippen LogP contribution in [0.15, 0.2) is 24.3 Å². The van der Waals surface area contributed by atoms with Gasteiger partial charge in [-0.2, -0.15) is 0 Å². The lowest BCUT2D eigenvalue weighted by atomic mass is 10.0. The molecule has 1 rings (SSSR count). The maximum Gasteiger partial charge on any atom is 0.150 e. The van der Waals surface area contributed by atoms with Crippen LogP contribution < -0.4 is 10.2 Å². The third-order valence-electron chi connectivity index (χ3n) is 3.65. The number of nitrogens with zero attached hydrogens (tertiary/aromatic N) is 1. The van der Waals surface area contributed by atoms with Gasteiger partial charge in [-0.05, 0) is 37.1 Å². The summed E-state index contributed by atoms with van der Waals surface area (Å²) >= 11 is 0. The molecule has 0 aliphatic rings. The molecule has 5 heteroatoms. The maximum absolute atomic E-state index is 11.6. The number of hydrogen-bond donors (Lipinski definition) is 1. The number of sulfone groups is 1. The van der Waals surface area contributed by atoms with E-state index in [0.29, 0.717) is 6.42 Å². The number of rotatable bonds is 9. The summed E-state index contributed by atoms with van der Waals surface area (Å²) in [5.41, 5.74) is 2.39. The Morgan fingerprint density at radius 3 is 2.24 bits per heavy atom. The van der Waals surface area contributed by atoms with Crippen LogP contribution in [-0.4, -0.2) is 40.6 Å². The highest BCUT2D eigenvalue weighted by Gasteiger charge is 2.13. The lowest BCUT2D eigenvalue weighted by Gasteiger charge is -2.20. The van der Waals surface area contributed by atoms with Crippen molar-refractivity contribution in [3.05, 3.63) is 29.8 Å². The predicted molar refractivity (Wildman–Crippen MR) is 90.7 cm³/mol. The average Bonchev–Trinajstić information content (AvgIpc) is 2.46. The van der Waals surface area contributed by atoms with Crippen molar-refractivity contribution in [1.82, 2.24) is 5.32 Å². The summed E-state index contributed by atoms with van der Waals surface area (Å²) in [7, 11) is 1.18. The summed E-state index contributed by atoms with van der Waals surface area (Å²) in [6, 6.07) is 8.66. The quantitative estimate of drug-likeness (QED) is 0.761. The van der Waals surface area contributed by atoms with Gasteiger partial charge in [-0.15, -0.1) is 0 Å². The Bertz CT molecular complexity index is 510. The van der Waals surface area contributed by atoms with Crippen molar-refractivity contribution in [1.29, 1.82) is 0 Å². The Morgan fingerprint density at radius 2 is 1.76 bits per heavy atom. The number of hydrogen-bond acceptors (Lipinski definition) is 4. The van der Waals surface area contributed by atoms with Gasteiger partial charge in [-0.25, -0.2) is 8.42 Å². The van der Waals surface area contributed by atoms with Crippen molar-refractivity contribution in [2.45, 2.75) is 32.7 Å². The van der Waals surface area contributed by atoms with Crippen LogP contribution in [0.2, 0.25) is 0 Å². The summed E-state index contributed by atoms with van der Waals surface area (Å²) < 4.78 is 23.1. The van der Waals surface area contributed by atoms with Gasteiger partial charge in [0.2, 0.25) is 0 Å². The van der Waals surface area contributed by atoms with Gasteiger partial charge in [-0.1, -0.05) is 26.0 Å². The van der Waals surface area contributed by atoms with E-state index in [1.807, 2.05) is 14.1 Å². The molecule has 0 aliphatic carbocycles. The van der Waals surface area contributed by atoms with Crippen molar-refractivity contribution in [3.8, 4) is 0 Å². The van der Waals surface area contributed by atoms with Gasteiger partial charge in [0, 0.05) is 31.6 Å². The van der Waals surface area contributed by atoms with Crippen molar-refractivity contribution in [2.75, 3.05) is 37.0 Å². The van der Waals surface area contributed by atoms with Crippen LogP contribution in [0.25, 0.3) is 0 Å². The van der Waals surface area contributed by atoms with Crippen LogP contribution >= 0.6 is 0 Å². The zero-order valence-electron chi connectivity index (χ0n) is 13.6. The van der Waals surface area contributed by atoms with E-state index in [-0.39, 0.29) is 17.5 Å². The van der Waals surface area contributed by atoms with E-state index in [2.05, 4.69) is 41.4 Å². The molecule has 0 aliphatic heterocycles. The normalized spacial score (nSPS) is 13.1. The SMILES string of the molecule is CCNC(CCCS(=O)(=O)CC)c1ccc(N(C)C)cc1. The zero-order valence-corrected chi connectivity index (χ0v) is 14.4. The Kier molecular flexibility index (Phi) is 7.18. The first-order chi connectivity index (χ1) is 9.89. The molecule has 120 valence electrons. The third-order valence-corrected chi connectivity index (χ3v) is 5.44. The van der Waals surface area contributed by atoms with E-state index < -0.39 is 9.84 Å². The number of nitrogens with one attached hydrogen (secondary N) is 1. The molecule has 1 aromatic carbocycles. The van der Waals surface area contributed by atoms with E-state index in [1.165, 1.54) is 11.3 Å². The molecule has 1 N–H and O–H groups in total. The van der Waals surface area contributed by atoms with Gasteiger partial charge in [0.25, 0.3) is 0 Å². The lowest BCUT2D eigenvalue weighted by molar-refractivity contribution is 0.506. The van der Waals surface area contributed by atoms with Crippen molar-refractivity contribution in [3.63, 3.8) is 0 Å². The molecule has 1 atom stereocenters. The summed E-state index contributed by atoms with van der Waals surface area (Å²) in [4.78, 5) is 2.07. The predicted octanol–water partition coefficient (Wildman–Crippen LogP) is 2.62. The zero-order chi connectivity index (χ0) is 15.9. The van der Waals surface area contributed by atoms with Gasteiger partial charge in [0.15, 0.2) is 0 Å². The van der Waals surface area contributed by atoms with Gasteiger partial charge in [0.1, 0.15) is 9.84 Å². The molecule has 1 unspecified atom stereocenters. The van der Waals surface area contributed by atoms with Crippen molar-refractivity contribution >= 4 is 15.5 Å². The molecule has 4 nitrogen and oxygen atoms in total. The van der Waals surface area contributed by atoms with Crippen LogP contribution in [0.3, 0.4) is 0 Å². The molecule has 0 heterocycles. The van der Waals surface area contributed by atoms with Crippen LogP contribution in [0.4, 0.5) is 5.69 Å². The molecule has 0 saturated carbocycles. The Balaban J connectivity index is 2.68. The molecule has 0 bridgehead atoms. The van der Waals surface area contributed by atoms with Crippen LogP contribution in [0.1, 0.15) is 38.3 Å². The van der Waals surface area contributed by atoms with Gasteiger partial charge in [-0.3, -0.25) is 0 Å². The topological polar surface area (TPSA) is 49.4 Å². The highest BCUT2D eigenvalue weighted by atomic mass is 32.2. The monoisotopic (exact) mass is 312 g/mol. The smallest absolute Gasteiger partial charge is 0.150 e. The molecule has 1 aromatic rings. The Morgan fingerprint density at radius 1 is 1.14 bits per heavy atom. The van der Waals surface area contributed by atoms with Gasteiger partial charge >= 0.3 is 0 Å². The van der Waals surface area contributed by atoms with E-state index in [1.54, 1.807) is 6.92 Å². The molecular weight excluding hydrogens is 284 g/mol. The van der Waals surface area contributed by atoms with Crippen molar-refractivity contribution in [2.24, 2.45) is 0 Å².